The molecule has 1 atom stereocenters. The molecule has 2 aromatic rings. The molecule has 1 N–H and O–H groups in total. The van der Waals surface area contributed by atoms with Crippen molar-refractivity contribution in [1.29, 1.82) is 0 Å². The first-order valence-electron chi connectivity index (χ1n) is 8.22. The first kappa shape index (κ1) is 17.5. The van der Waals surface area contributed by atoms with Gasteiger partial charge >= 0.3 is 0 Å². The number of nitrogens with zero attached hydrogens (tertiary/aromatic N) is 1. The smallest absolute Gasteiger partial charge is 0.251 e. The third kappa shape index (κ3) is 3.54. The second-order valence-electron chi connectivity index (χ2n) is 6.56. The maximum atomic E-state index is 12.4. The fraction of sp³-hybridized carbons (Fsp3) is 0.316. The third-order valence-electron chi connectivity index (χ3n) is 4.55. The van der Waals surface area contributed by atoms with Crippen LogP contribution in [0.1, 0.15) is 34.0 Å². The molecule has 132 valence electrons. The number of carbonyl (C=O) groups is 1. The van der Waals surface area contributed by atoms with Gasteiger partial charge in [0, 0.05) is 18.2 Å². The number of sulfonamides is 1. The Bertz CT molecular complexity index is 922. The fourth-order valence-corrected chi connectivity index (χ4v) is 4.60. The van der Waals surface area contributed by atoms with Crippen LogP contribution in [0.5, 0.6) is 0 Å². The van der Waals surface area contributed by atoms with Crippen LogP contribution in [-0.2, 0) is 23.0 Å². The Morgan fingerprint density at radius 3 is 2.64 bits per heavy atom. The predicted molar refractivity (Wildman–Crippen MR) is 99.3 cm³/mol. The number of hydrogen-bond donors (Lipinski definition) is 1. The summed E-state index contributed by atoms with van der Waals surface area (Å²) in [6.07, 6.45) is 1.82. The lowest BCUT2D eigenvalue weighted by Gasteiger charge is -2.21. The van der Waals surface area contributed by atoms with Crippen molar-refractivity contribution in [3.63, 3.8) is 0 Å². The quantitative estimate of drug-likeness (QED) is 0.914. The van der Waals surface area contributed by atoms with E-state index in [0.717, 1.165) is 16.7 Å². The molecule has 0 aliphatic carbocycles. The molecule has 0 unspecified atom stereocenters. The van der Waals surface area contributed by atoms with E-state index >= 15 is 0 Å². The highest BCUT2D eigenvalue weighted by Gasteiger charge is 2.32. The van der Waals surface area contributed by atoms with E-state index in [1.165, 1.54) is 10.6 Å². The Kier molecular flexibility index (Phi) is 4.56. The van der Waals surface area contributed by atoms with Gasteiger partial charge in [0.15, 0.2) is 0 Å². The van der Waals surface area contributed by atoms with E-state index in [9.17, 15) is 13.2 Å². The van der Waals surface area contributed by atoms with Crippen molar-refractivity contribution < 1.29 is 13.2 Å². The average molecular weight is 358 g/mol. The standard InChI is InChI=1S/C19H22N2O3S/c1-13-6-4-5-7-16(13)12-20-19(22)15-8-9-18-17(11-15)10-14(2)21(18)25(3,23)24/h4-9,11,14H,10,12H2,1-3H3,(H,20,22)/t14-/m1/s1. The number of anilines is 1. The minimum absolute atomic E-state index is 0.129. The summed E-state index contributed by atoms with van der Waals surface area (Å²) in [7, 11) is -3.32. The Morgan fingerprint density at radius 1 is 1.24 bits per heavy atom. The van der Waals surface area contributed by atoms with E-state index in [1.807, 2.05) is 38.1 Å². The molecule has 0 saturated carbocycles. The van der Waals surface area contributed by atoms with E-state index < -0.39 is 10.0 Å². The monoisotopic (exact) mass is 358 g/mol. The minimum atomic E-state index is -3.32. The summed E-state index contributed by atoms with van der Waals surface area (Å²) in [6.45, 7) is 4.35. The van der Waals surface area contributed by atoms with Crippen LogP contribution in [0.15, 0.2) is 42.5 Å². The zero-order valence-corrected chi connectivity index (χ0v) is 15.4. The normalized spacial score (nSPS) is 16.6. The number of benzene rings is 2. The van der Waals surface area contributed by atoms with Gasteiger partial charge in [0.05, 0.1) is 11.9 Å². The Balaban J connectivity index is 1.78. The number of rotatable bonds is 4. The van der Waals surface area contributed by atoms with Crippen molar-refractivity contribution in [2.75, 3.05) is 10.6 Å². The lowest BCUT2D eigenvalue weighted by Crippen LogP contribution is -2.34. The molecule has 0 spiro atoms. The van der Waals surface area contributed by atoms with Crippen molar-refractivity contribution in [3.8, 4) is 0 Å². The number of fused-ring (bicyclic) bond motifs is 1. The van der Waals surface area contributed by atoms with Crippen LogP contribution in [0.25, 0.3) is 0 Å². The number of nitrogens with one attached hydrogen (secondary N) is 1. The molecule has 1 aliphatic rings. The first-order valence-corrected chi connectivity index (χ1v) is 10.1. The highest BCUT2D eigenvalue weighted by molar-refractivity contribution is 7.92. The molecule has 6 heteroatoms. The number of carbonyl (C=O) groups excluding carboxylic acids is 1. The van der Waals surface area contributed by atoms with E-state index in [-0.39, 0.29) is 11.9 Å². The van der Waals surface area contributed by atoms with Gasteiger partial charge in [-0.15, -0.1) is 0 Å². The molecule has 0 fully saturated rings. The van der Waals surface area contributed by atoms with E-state index in [1.54, 1.807) is 18.2 Å². The molecule has 0 saturated heterocycles. The maximum Gasteiger partial charge on any atom is 0.251 e. The summed E-state index contributed by atoms with van der Waals surface area (Å²) in [4.78, 5) is 12.4. The second-order valence-corrected chi connectivity index (χ2v) is 8.42. The predicted octanol–water partition coefficient (Wildman–Crippen LogP) is 2.64. The van der Waals surface area contributed by atoms with Gasteiger partial charge < -0.3 is 5.32 Å². The lowest BCUT2D eigenvalue weighted by atomic mass is 10.1. The number of amides is 1. The molecule has 0 aromatic heterocycles. The average Bonchev–Trinajstić information content (AvgIpc) is 2.88. The van der Waals surface area contributed by atoms with Gasteiger partial charge in [-0.25, -0.2) is 8.42 Å². The van der Waals surface area contributed by atoms with Crippen molar-refractivity contribution in [3.05, 3.63) is 64.7 Å². The fourth-order valence-electron chi connectivity index (χ4n) is 3.34. The molecular weight excluding hydrogens is 336 g/mol. The van der Waals surface area contributed by atoms with Crippen LogP contribution in [0.2, 0.25) is 0 Å². The van der Waals surface area contributed by atoms with Gasteiger partial charge in [-0.05, 0) is 55.2 Å². The SMILES string of the molecule is Cc1ccccc1CNC(=O)c1ccc2c(c1)C[C@@H](C)N2S(C)(=O)=O. The zero-order chi connectivity index (χ0) is 18.2. The lowest BCUT2D eigenvalue weighted by molar-refractivity contribution is 0.0951. The van der Waals surface area contributed by atoms with Gasteiger partial charge in [-0.2, -0.15) is 0 Å². The zero-order valence-electron chi connectivity index (χ0n) is 14.6. The van der Waals surface area contributed by atoms with Crippen molar-refractivity contribution in [2.45, 2.75) is 32.9 Å². The summed E-state index contributed by atoms with van der Waals surface area (Å²) in [5.74, 6) is -0.156. The first-order chi connectivity index (χ1) is 11.8. The number of hydrogen-bond acceptors (Lipinski definition) is 3. The third-order valence-corrected chi connectivity index (χ3v) is 5.82. The van der Waals surface area contributed by atoms with Crippen LogP contribution in [0.4, 0.5) is 5.69 Å². The van der Waals surface area contributed by atoms with Crippen molar-refractivity contribution in [2.24, 2.45) is 0 Å². The molecule has 5 nitrogen and oxygen atoms in total. The molecule has 2 aromatic carbocycles. The van der Waals surface area contributed by atoms with E-state index in [4.69, 9.17) is 0 Å². The van der Waals surface area contributed by atoms with Crippen LogP contribution in [-0.4, -0.2) is 26.6 Å². The molecule has 1 amide bonds. The van der Waals surface area contributed by atoms with Gasteiger partial charge in [-0.3, -0.25) is 9.10 Å². The van der Waals surface area contributed by atoms with E-state index in [0.29, 0.717) is 24.2 Å². The van der Waals surface area contributed by atoms with Crippen LogP contribution < -0.4 is 9.62 Å². The van der Waals surface area contributed by atoms with Gasteiger partial charge in [0.1, 0.15) is 0 Å². The topological polar surface area (TPSA) is 66.5 Å². The molecule has 0 bridgehead atoms. The Hall–Kier alpha value is -2.34. The summed E-state index contributed by atoms with van der Waals surface area (Å²) >= 11 is 0. The Labute approximate surface area is 148 Å². The second kappa shape index (κ2) is 6.52. The van der Waals surface area contributed by atoms with Crippen LogP contribution in [0.3, 0.4) is 0 Å². The van der Waals surface area contributed by atoms with Crippen LogP contribution >= 0.6 is 0 Å². The van der Waals surface area contributed by atoms with Crippen molar-refractivity contribution >= 4 is 21.6 Å². The van der Waals surface area contributed by atoms with Gasteiger partial charge in [-0.1, -0.05) is 24.3 Å². The van der Waals surface area contributed by atoms with E-state index in [2.05, 4.69) is 5.32 Å². The van der Waals surface area contributed by atoms with Gasteiger partial charge in [0.25, 0.3) is 5.91 Å². The highest BCUT2D eigenvalue weighted by atomic mass is 32.2. The largest absolute Gasteiger partial charge is 0.348 e. The van der Waals surface area contributed by atoms with Crippen molar-refractivity contribution in [1.82, 2.24) is 5.32 Å². The molecule has 25 heavy (non-hydrogen) atoms. The summed E-state index contributed by atoms with van der Waals surface area (Å²) in [5, 5.41) is 2.93. The van der Waals surface area contributed by atoms with Crippen LogP contribution in [0, 0.1) is 6.92 Å². The maximum absolute atomic E-state index is 12.4. The Morgan fingerprint density at radius 2 is 1.96 bits per heavy atom. The summed E-state index contributed by atoms with van der Waals surface area (Å²) < 4.78 is 25.4. The summed E-state index contributed by atoms with van der Waals surface area (Å²) in [6, 6.07) is 13.0. The van der Waals surface area contributed by atoms with Gasteiger partial charge in [0.2, 0.25) is 10.0 Å². The number of aryl methyl sites for hydroxylation is 1. The molecule has 0 radical (unpaired) electrons. The molecular formula is C19H22N2O3S. The molecule has 1 aliphatic heterocycles. The minimum Gasteiger partial charge on any atom is -0.348 e. The molecule has 1 heterocycles. The highest BCUT2D eigenvalue weighted by Crippen LogP contribution is 2.34. The summed E-state index contributed by atoms with van der Waals surface area (Å²) in [5.41, 5.74) is 4.32. The molecule has 3 rings (SSSR count).